The van der Waals surface area contributed by atoms with Crippen LogP contribution in [0.15, 0.2) is 18.2 Å². The molecule has 1 aromatic rings. The van der Waals surface area contributed by atoms with E-state index < -0.39 is 6.43 Å². The number of rotatable bonds is 5. The summed E-state index contributed by atoms with van der Waals surface area (Å²) in [7, 11) is 0. The van der Waals surface area contributed by atoms with Gasteiger partial charge in [0.15, 0.2) is 0 Å². The molecular weight excluding hydrogens is 230 g/mol. The highest BCUT2D eigenvalue weighted by atomic mass is 35.5. The predicted molar refractivity (Wildman–Crippen MR) is 64.3 cm³/mol. The Morgan fingerprint density at radius 2 is 1.88 bits per heavy atom. The highest BCUT2D eigenvalue weighted by Crippen LogP contribution is 2.34. The highest BCUT2D eigenvalue weighted by Gasteiger charge is 2.18. The second-order valence-electron chi connectivity index (χ2n) is 3.97. The predicted octanol–water partition coefficient (Wildman–Crippen LogP) is 5.57. The van der Waals surface area contributed by atoms with E-state index in [1.807, 2.05) is 6.92 Å². The molecule has 1 unspecified atom stereocenters. The Labute approximate surface area is 101 Å². The lowest BCUT2D eigenvalue weighted by atomic mass is 9.89. The third-order valence-electron chi connectivity index (χ3n) is 2.85. The van der Waals surface area contributed by atoms with Gasteiger partial charge in [0.25, 0.3) is 6.43 Å². The summed E-state index contributed by atoms with van der Waals surface area (Å²) in [6, 6.07) is 4.83. The fourth-order valence-electron chi connectivity index (χ4n) is 2.03. The van der Waals surface area contributed by atoms with Crippen LogP contribution in [0.4, 0.5) is 8.78 Å². The van der Waals surface area contributed by atoms with Crippen molar-refractivity contribution in [3.05, 3.63) is 34.3 Å². The Morgan fingerprint density at radius 1 is 1.19 bits per heavy atom. The van der Waals surface area contributed by atoms with E-state index in [9.17, 15) is 8.78 Å². The molecule has 3 heteroatoms. The summed E-state index contributed by atoms with van der Waals surface area (Å²) in [4.78, 5) is 0. The first-order chi connectivity index (χ1) is 7.60. The topological polar surface area (TPSA) is 0 Å². The Kier molecular flexibility index (Phi) is 5.20. The maximum Gasteiger partial charge on any atom is 0.264 e. The van der Waals surface area contributed by atoms with Crippen LogP contribution in [0.25, 0.3) is 0 Å². The Morgan fingerprint density at radius 3 is 2.38 bits per heavy atom. The van der Waals surface area contributed by atoms with Crippen LogP contribution in [0.2, 0.25) is 5.02 Å². The van der Waals surface area contributed by atoms with Crippen LogP contribution in [-0.4, -0.2) is 0 Å². The average Bonchev–Trinajstić information content (AvgIpc) is 2.26. The minimum absolute atomic E-state index is 0.0906. The average molecular weight is 247 g/mol. The van der Waals surface area contributed by atoms with E-state index in [2.05, 4.69) is 6.92 Å². The lowest BCUT2D eigenvalue weighted by Gasteiger charge is -2.18. The second-order valence-corrected chi connectivity index (χ2v) is 4.40. The monoisotopic (exact) mass is 246 g/mol. The zero-order chi connectivity index (χ0) is 12.1. The Bertz CT molecular complexity index is 337. The van der Waals surface area contributed by atoms with Gasteiger partial charge in [-0.05, 0) is 36.5 Å². The van der Waals surface area contributed by atoms with Crippen molar-refractivity contribution in [1.29, 1.82) is 0 Å². The lowest BCUT2D eigenvalue weighted by Crippen LogP contribution is -2.02. The van der Waals surface area contributed by atoms with Gasteiger partial charge >= 0.3 is 0 Å². The van der Waals surface area contributed by atoms with E-state index in [0.717, 1.165) is 24.8 Å². The quantitative estimate of drug-likeness (QED) is 0.637. The van der Waals surface area contributed by atoms with E-state index in [0.29, 0.717) is 5.02 Å². The zero-order valence-electron chi connectivity index (χ0n) is 9.64. The second kappa shape index (κ2) is 6.19. The van der Waals surface area contributed by atoms with Crippen molar-refractivity contribution < 1.29 is 8.78 Å². The van der Waals surface area contributed by atoms with E-state index in [1.165, 1.54) is 6.07 Å². The number of alkyl halides is 2. The summed E-state index contributed by atoms with van der Waals surface area (Å²) in [5, 5.41) is 0.380. The van der Waals surface area contributed by atoms with Crippen LogP contribution >= 0.6 is 11.6 Å². The van der Waals surface area contributed by atoms with Gasteiger partial charge < -0.3 is 0 Å². The van der Waals surface area contributed by atoms with Crippen molar-refractivity contribution in [2.45, 2.75) is 45.5 Å². The summed E-state index contributed by atoms with van der Waals surface area (Å²) in [6.07, 6.45) is 0.385. The fourth-order valence-corrected chi connectivity index (χ4v) is 2.21. The lowest BCUT2D eigenvalue weighted by molar-refractivity contribution is 0.149. The SMILES string of the molecule is CCCC(CC)c1ccc(Cl)cc1C(F)F. The molecule has 16 heavy (non-hydrogen) atoms. The van der Waals surface area contributed by atoms with Gasteiger partial charge in [0.05, 0.1) is 0 Å². The first-order valence-electron chi connectivity index (χ1n) is 5.67. The fraction of sp³-hybridized carbons (Fsp3) is 0.538. The maximum atomic E-state index is 12.9. The summed E-state index contributed by atoms with van der Waals surface area (Å²) >= 11 is 5.75. The number of hydrogen-bond acceptors (Lipinski definition) is 0. The van der Waals surface area contributed by atoms with E-state index in [1.54, 1.807) is 12.1 Å². The van der Waals surface area contributed by atoms with Crippen molar-refractivity contribution >= 4 is 11.6 Å². The van der Waals surface area contributed by atoms with Crippen molar-refractivity contribution in [3.8, 4) is 0 Å². The molecule has 0 aliphatic carbocycles. The molecule has 1 rings (SSSR count). The Hall–Kier alpha value is -0.630. The van der Waals surface area contributed by atoms with Crippen molar-refractivity contribution in [1.82, 2.24) is 0 Å². The molecule has 1 aromatic carbocycles. The van der Waals surface area contributed by atoms with Gasteiger partial charge in [-0.15, -0.1) is 0 Å². The first-order valence-corrected chi connectivity index (χ1v) is 6.05. The molecule has 0 aliphatic rings. The third kappa shape index (κ3) is 3.18. The normalized spacial score (nSPS) is 13.1. The smallest absolute Gasteiger partial charge is 0.205 e. The van der Waals surface area contributed by atoms with Crippen molar-refractivity contribution in [2.75, 3.05) is 0 Å². The molecule has 0 amide bonds. The molecule has 0 bridgehead atoms. The molecule has 90 valence electrons. The van der Waals surface area contributed by atoms with E-state index in [4.69, 9.17) is 11.6 Å². The molecule has 0 spiro atoms. The van der Waals surface area contributed by atoms with Gasteiger partial charge in [-0.3, -0.25) is 0 Å². The van der Waals surface area contributed by atoms with Crippen LogP contribution in [0.5, 0.6) is 0 Å². The molecule has 1 atom stereocenters. The van der Waals surface area contributed by atoms with Gasteiger partial charge in [0.2, 0.25) is 0 Å². The standard InChI is InChI=1S/C13H17ClF2/c1-3-5-9(4-2)11-7-6-10(14)8-12(11)13(15)16/h6-9,13H,3-5H2,1-2H3. The van der Waals surface area contributed by atoms with Gasteiger partial charge in [-0.2, -0.15) is 0 Å². The summed E-state index contributed by atoms with van der Waals surface area (Å²) < 4.78 is 25.8. The number of halogens is 3. The van der Waals surface area contributed by atoms with Gasteiger partial charge in [0.1, 0.15) is 0 Å². The molecule has 0 nitrogen and oxygen atoms in total. The minimum Gasteiger partial charge on any atom is -0.205 e. The molecule has 0 heterocycles. The minimum atomic E-state index is -2.44. The molecule has 0 aliphatic heterocycles. The number of hydrogen-bond donors (Lipinski definition) is 0. The molecule has 0 saturated carbocycles. The van der Waals surface area contributed by atoms with Gasteiger partial charge in [-0.25, -0.2) is 8.78 Å². The maximum absolute atomic E-state index is 12.9. The summed E-state index contributed by atoms with van der Waals surface area (Å²) in [5.41, 5.74) is 0.844. The zero-order valence-corrected chi connectivity index (χ0v) is 10.4. The molecule has 0 saturated heterocycles. The first kappa shape index (κ1) is 13.4. The number of benzene rings is 1. The van der Waals surface area contributed by atoms with E-state index in [-0.39, 0.29) is 11.5 Å². The van der Waals surface area contributed by atoms with Crippen LogP contribution in [0.3, 0.4) is 0 Å². The van der Waals surface area contributed by atoms with Crippen LogP contribution in [-0.2, 0) is 0 Å². The molecule has 0 fully saturated rings. The van der Waals surface area contributed by atoms with Gasteiger partial charge in [0, 0.05) is 10.6 Å². The molecule has 0 aromatic heterocycles. The summed E-state index contributed by atoms with van der Waals surface area (Å²) in [6.45, 7) is 4.10. The largest absolute Gasteiger partial charge is 0.264 e. The highest BCUT2D eigenvalue weighted by molar-refractivity contribution is 6.30. The molecular formula is C13H17ClF2. The molecule has 0 N–H and O–H groups in total. The molecule has 0 radical (unpaired) electrons. The third-order valence-corrected chi connectivity index (χ3v) is 3.09. The summed E-state index contributed by atoms with van der Waals surface area (Å²) in [5.74, 6) is 0.214. The van der Waals surface area contributed by atoms with Crippen LogP contribution < -0.4 is 0 Å². The van der Waals surface area contributed by atoms with Gasteiger partial charge in [-0.1, -0.05) is 37.9 Å². The van der Waals surface area contributed by atoms with Crippen molar-refractivity contribution in [3.63, 3.8) is 0 Å². The van der Waals surface area contributed by atoms with Crippen molar-refractivity contribution in [2.24, 2.45) is 0 Å². The Balaban J connectivity index is 3.09. The van der Waals surface area contributed by atoms with E-state index >= 15 is 0 Å². The van der Waals surface area contributed by atoms with Crippen LogP contribution in [0.1, 0.15) is 56.6 Å². The van der Waals surface area contributed by atoms with Crippen LogP contribution in [0, 0.1) is 0 Å².